The zero-order chi connectivity index (χ0) is 18.1. The van der Waals surface area contributed by atoms with Crippen LogP contribution in [0, 0.1) is 5.82 Å². The second-order valence-corrected chi connectivity index (χ2v) is 6.25. The van der Waals surface area contributed by atoms with Crippen LogP contribution in [0.4, 0.5) is 10.1 Å². The van der Waals surface area contributed by atoms with Gasteiger partial charge in [0, 0.05) is 24.8 Å². The van der Waals surface area contributed by atoms with Crippen molar-refractivity contribution < 1.29 is 18.8 Å². The maximum absolute atomic E-state index is 14.4. The lowest BCUT2D eigenvalue weighted by Crippen LogP contribution is -2.44. The standard InChI is InChI=1S/C20H18FNO3/c1-12(23)11-16(14-7-3-5-9-17(14)21)19-20(25)15-8-4-6-10-18(15)22(19)13(2)24/h3-10,16,19H,11H2,1-2H3/t16-,19+/m0/s1. The lowest BCUT2D eigenvalue weighted by atomic mass is 9.84. The zero-order valence-electron chi connectivity index (χ0n) is 14.0. The van der Waals surface area contributed by atoms with Crippen molar-refractivity contribution in [3.8, 4) is 0 Å². The SMILES string of the molecule is CC(=O)C[C@@H](c1ccccc1F)[C@@H]1C(=O)c2ccccc2N1C(C)=O. The summed E-state index contributed by atoms with van der Waals surface area (Å²) < 4.78 is 14.4. The molecule has 0 bridgehead atoms. The van der Waals surface area contributed by atoms with E-state index in [-0.39, 0.29) is 29.5 Å². The van der Waals surface area contributed by atoms with Crippen LogP contribution in [0.2, 0.25) is 0 Å². The maximum Gasteiger partial charge on any atom is 0.224 e. The molecule has 0 unspecified atom stereocenters. The minimum Gasteiger partial charge on any atom is -0.300 e. The van der Waals surface area contributed by atoms with E-state index in [2.05, 4.69) is 0 Å². The zero-order valence-corrected chi connectivity index (χ0v) is 14.0. The van der Waals surface area contributed by atoms with Crippen LogP contribution in [0.25, 0.3) is 0 Å². The molecule has 4 nitrogen and oxygen atoms in total. The highest BCUT2D eigenvalue weighted by Crippen LogP contribution is 2.40. The molecule has 5 heteroatoms. The van der Waals surface area contributed by atoms with Gasteiger partial charge in [-0.3, -0.25) is 9.59 Å². The van der Waals surface area contributed by atoms with Crippen molar-refractivity contribution in [1.82, 2.24) is 0 Å². The molecule has 2 aromatic rings. The van der Waals surface area contributed by atoms with Gasteiger partial charge in [0.25, 0.3) is 0 Å². The maximum atomic E-state index is 14.4. The van der Waals surface area contributed by atoms with Crippen molar-refractivity contribution >= 4 is 23.2 Å². The van der Waals surface area contributed by atoms with Crippen molar-refractivity contribution in [1.29, 1.82) is 0 Å². The fourth-order valence-electron chi connectivity index (χ4n) is 3.52. The molecule has 0 saturated heterocycles. The van der Waals surface area contributed by atoms with Crippen LogP contribution < -0.4 is 4.90 Å². The number of para-hydroxylation sites is 1. The Balaban J connectivity index is 2.15. The molecular weight excluding hydrogens is 321 g/mol. The number of fused-ring (bicyclic) bond motifs is 1. The molecule has 0 aliphatic carbocycles. The molecule has 128 valence electrons. The first-order chi connectivity index (χ1) is 11.9. The summed E-state index contributed by atoms with van der Waals surface area (Å²) in [4.78, 5) is 38.5. The lowest BCUT2D eigenvalue weighted by molar-refractivity contribution is -0.119. The van der Waals surface area contributed by atoms with Gasteiger partial charge in [-0.15, -0.1) is 0 Å². The first-order valence-electron chi connectivity index (χ1n) is 8.08. The number of hydrogen-bond acceptors (Lipinski definition) is 3. The highest BCUT2D eigenvalue weighted by Gasteiger charge is 2.45. The average molecular weight is 339 g/mol. The van der Waals surface area contributed by atoms with Crippen LogP contribution >= 0.6 is 0 Å². The fourth-order valence-corrected chi connectivity index (χ4v) is 3.52. The van der Waals surface area contributed by atoms with E-state index in [1.165, 1.54) is 24.8 Å². The lowest BCUT2D eigenvalue weighted by Gasteiger charge is -2.30. The highest BCUT2D eigenvalue weighted by molar-refractivity contribution is 6.18. The third-order valence-corrected chi connectivity index (χ3v) is 4.51. The van der Waals surface area contributed by atoms with Gasteiger partial charge in [-0.2, -0.15) is 0 Å². The molecule has 2 aromatic carbocycles. The summed E-state index contributed by atoms with van der Waals surface area (Å²) >= 11 is 0. The minimum atomic E-state index is -0.921. The van der Waals surface area contributed by atoms with E-state index in [1.54, 1.807) is 42.5 Å². The first kappa shape index (κ1) is 17.0. The normalized spacial score (nSPS) is 17.3. The van der Waals surface area contributed by atoms with Crippen molar-refractivity contribution in [2.75, 3.05) is 4.90 Å². The smallest absolute Gasteiger partial charge is 0.224 e. The molecule has 2 atom stereocenters. The fraction of sp³-hybridized carbons (Fsp3) is 0.250. The number of halogens is 1. The monoisotopic (exact) mass is 339 g/mol. The van der Waals surface area contributed by atoms with Crippen LogP contribution in [0.15, 0.2) is 48.5 Å². The molecule has 0 fully saturated rings. The Morgan fingerprint density at radius 2 is 1.72 bits per heavy atom. The second-order valence-electron chi connectivity index (χ2n) is 6.25. The topological polar surface area (TPSA) is 54.5 Å². The Hall–Kier alpha value is -2.82. The molecule has 0 aromatic heterocycles. The van der Waals surface area contributed by atoms with Crippen molar-refractivity contribution in [3.63, 3.8) is 0 Å². The van der Waals surface area contributed by atoms with Crippen molar-refractivity contribution in [3.05, 3.63) is 65.5 Å². The van der Waals surface area contributed by atoms with E-state index in [0.29, 0.717) is 11.3 Å². The first-order valence-corrected chi connectivity index (χ1v) is 8.08. The van der Waals surface area contributed by atoms with Crippen LogP contribution in [-0.4, -0.2) is 23.5 Å². The second kappa shape index (κ2) is 6.59. The van der Waals surface area contributed by atoms with E-state index in [4.69, 9.17) is 0 Å². The predicted molar refractivity (Wildman–Crippen MR) is 92.2 cm³/mol. The number of amides is 1. The number of ketones is 2. The molecule has 1 amide bonds. The molecule has 1 aliphatic heterocycles. The summed E-state index contributed by atoms with van der Waals surface area (Å²) in [5.74, 6) is -1.96. The summed E-state index contributed by atoms with van der Waals surface area (Å²) in [6.45, 7) is 2.77. The molecule has 0 saturated carbocycles. The number of benzene rings is 2. The summed E-state index contributed by atoms with van der Waals surface area (Å²) in [5.41, 5.74) is 1.21. The third-order valence-electron chi connectivity index (χ3n) is 4.51. The van der Waals surface area contributed by atoms with E-state index in [9.17, 15) is 18.8 Å². The third kappa shape index (κ3) is 2.97. The number of carbonyl (C=O) groups is 3. The van der Waals surface area contributed by atoms with Gasteiger partial charge in [0.05, 0.1) is 5.69 Å². The molecule has 0 N–H and O–H groups in total. The van der Waals surface area contributed by atoms with Gasteiger partial charge in [-0.1, -0.05) is 30.3 Å². The number of hydrogen-bond donors (Lipinski definition) is 0. The largest absolute Gasteiger partial charge is 0.300 e. The molecule has 0 spiro atoms. The Labute approximate surface area is 145 Å². The molecule has 0 radical (unpaired) electrons. The average Bonchev–Trinajstić information content (AvgIpc) is 2.86. The molecule has 1 heterocycles. The van der Waals surface area contributed by atoms with Crippen LogP contribution in [0.1, 0.15) is 42.1 Å². The van der Waals surface area contributed by atoms with Crippen molar-refractivity contribution in [2.24, 2.45) is 0 Å². The number of rotatable bonds is 4. The summed E-state index contributed by atoms with van der Waals surface area (Å²) in [7, 11) is 0. The van der Waals surface area contributed by atoms with Gasteiger partial charge in [0.1, 0.15) is 17.6 Å². The predicted octanol–water partition coefficient (Wildman–Crippen LogP) is 3.51. The van der Waals surface area contributed by atoms with Gasteiger partial charge in [-0.25, -0.2) is 4.39 Å². The van der Waals surface area contributed by atoms with E-state index in [0.717, 1.165) is 0 Å². The van der Waals surface area contributed by atoms with Gasteiger partial charge in [0.2, 0.25) is 5.91 Å². The van der Waals surface area contributed by atoms with Gasteiger partial charge in [0.15, 0.2) is 5.78 Å². The van der Waals surface area contributed by atoms with Gasteiger partial charge in [-0.05, 0) is 30.7 Å². The van der Waals surface area contributed by atoms with Gasteiger partial charge >= 0.3 is 0 Å². The molecule has 3 rings (SSSR count). The Morgan fingerprint density at radius 1 is 1.08 bits per heavy atom. The van der Waals surface area contributed by atoms with Crippen LogP contribution in [-0.2, 0) is 9.59 Å². The highest BCUT2D eigenvalue weighted by atomic mass is 19.1. The Morgan fingerprint density at radius 3 is 2.36 bits per heavy atom. The minimum absolute atomic E-state index is 0.0187. The quantitative estimate of drug-likeness (QED) is 0.856. The summed E-state index contributed by atoms with van der Waals surface area (Å²) in [6, 6.07) is 12.0. The van der Waals surface area contributed by atoms with Gasteiger partial charge < -0.3 is 9.69 Å². The number of carbonyl (C=O) groups excluding carboxylic acids is 3. The Kier molecular flexibility index (Phi) is 4.49. The number of anilines is 1. The number of nitrogens with zero attached hydrogens (tertiary/aromatic N) is 1. The number of Topliss-reactive ketones (excluding diaryl/α,β-unsaturated/α-hetero) is 2. The summed E-state index contributed by atoms with van der Waals surface area (Å²) in [6.07, 6.45) is -0.0187. The molecule has 1 aliphatic rings. The van der Waals surface area contributed by atoms with Crippen molar-refractivity contribution in [2.45, 2.75) is 32.2 Å². The van der Waals surface area contributed by atoms with E-state index < -0.39 is 17.8 Å². The molecular formula is C20H18FNO3. The summed E-state index contributed by atoms with van der Waals surface area (Å²) in [5, 5.41) is 0. The molecule has 25 heavy (non-hydrogen) atoms. The van der Waals surface area contributed by atoms with E-state index in [1.807, 2.05) is 0 Å². The van der Waals surface area contributed by atoms with Crippen LogP contribution in [0.5, 0.6) is 0 Å². The van der Waals surface area contributed by atoms with Crippen LogP contribution in [0.3, 0.4) is 0 Å². The van der Waals surface area contributed by atoms with E-state index >= 15 is 0 Å². The Bertz CT molecular complexity index is 862.